The smallest absolute Gasteiger partial charge is 0.271 e. The lowest BCUT2D eigenvalue weighted by Crippen LogP contribution is -2.63. The Kier molecular flexibility index (Phi) is 3.25. The van der Waals surface area contributed by atoms with Crippen LogP contribution >= 0.6 is 0 Å². The zero-order valence-corrected chi connectivity index (χ0v) is 12.5. The van der Waals surface area contributed by atoms with Gasteiger partial charge in [0.25, 0.3) is 5.91 Å². The second kappa shape index (κ2) is 5.13. The summed E-state index contributed by atoms with van der Waals surface area (Å²) in [7, 11) is 1.88. The molecule has 1 aromatic heterocycles. The highest BCUT2D eigenvalue weighted by molar-refractivity contribution is 5.92. The molecule has 0 spiro atoms. The molecule has 4 atom stereocenters. The van der Waals surface area contributed by atoms with E-state index >= 15 is 0 Å². The number of nitrogens with one attached hydrogen (secondary N) is 1. The molecule has 0 radical (unpaired) electrons. The van der Waals surface area contributed by atoms with E-state index in [1.165, 1.54) is 25.7 Å². The third kappa shape index (κ3) is 2.18. The van der Waals surface area contributed by atoms with Gasteiger partial charge in [0, 0.05) is 37.7 Å². The molecule has 5 nitrogen and oxygen atoms in total. The van der Waals surface area contributed by atoms with Gasteiger partial charge in [-0.25, -0.2) is 4.98 Å². The Morgan fingerprint density at radius 1 is 1.38 bits per heavy atom. The first-order valence-electron chi connectivity index (χ1n) is 8.14. The van der Waals surface area contributed by atoms with Gasteiger partial charge < -0.3 is 14.6 Å². The Labute approximate surface area is 125 Å². The van der Waals surface area contributed by atoms with E-state index in [0.717, 1.165) is 18.9 Å². The Hall–Kier alpha value is -1.36. The van der Waals surface area contributed by atoms with Gasteiger partial charge in [-0.1, -0.05) is 25.7 Å². The topological polar surface area (TPSA) is 56.2 Å². The van der Waals surface area contributed by atoms with Crippen LogP contribution in [0.1, 0.15) is 42.6 Å². The molecule has 0 unspecified atom stereocenters. The van der Waals surface area contributed by atoms with E-state index in [1.807, 2.05) is 11.6 Å². The van der Waals surface area contributed by atoms with Crippen molar-refractivity contribution in [1.29, 1.82) is 0 Å². The lowest BCUT2D eigenvalue weighted by Gasteiger charge is -2.50. The normalized spacial score (nSPS) is 35.5. The number of aryl methyl sites for hydroxylation is 1. The monoisotopic (exact) mass is 289 g/mol. The van der Waals surface area contributed by atoms with E-state index < -0.39 is 0 Å². The van der Waals surface area contributed by atoms with Gasteiger partial charge in [-0.2, -0.15) is 0 Å². The summed E-state index contributed by atoms with van der Waals surface area (Å²) in [6, 6.07) is 0.287. The number of nitrogens with zero attached hydrogens (tertiary/aromatic N) is 2. The van der Waals surface area contributed by atoms with Crippen LogP contribution in [0.25, 0.3) is 0 Å². The molecule has 2 saturated carbocycles. The molecule has 3 aliphatic rings. The molecule has 3 fully saturated rings. The van der Waals surface area contributed by atoms with Gasteiger partial charge in [0.05, 0.1) is 12.4 Å². The summed E-state index contributed by atoms with van der Waals surface area (Å²) in [6.45, 7) is 0.856. The average Bonchev–Trinajstić information content (AvgIpc) is 3.17. The lowest BCUT2D eigenvalue weighted by atomic mass is 9.61. The third-order valence-corrected chi connectivity index (χ3v) is 5.62. The molecule has 1 saturated heterocycles. The summed E-state index contributed by atoms with van der Waals surface area (Å²) in [5, 5.41) is 3.25. The number of amides is 1. The number of rotatable bonds is 3. The maximum Gasteiger partial charge on any atom is 0.271 e. The van der Waals surface area contributed by atoms with Crippen molar-refractivity contribution in [3.8, 4) is 0 Å². The fraction of sp³-hybridized carbons (Fsp3) is 0.750. The summed E-state index contributed by atoms with van der Waals surface area (Å²) in [6.07, 6.45) is 10.2. The minimum atomic E-state index is -0.0334. The number of hydrogen-bond donors (Lipinski definition) is 1. The largest absolute Gasteiger partial charge is 0.377 e. The molecule has 21 heavy (non-hydrogen) atoms. The number of imidazole rings is 1. The molecule has 2 aliphatic carbocycles. The van der Waals surface area contributed by atoms with Crippen LogP contribution in [0.3, 0.4) is 0 Å². The number of fused-ring (bicyclic) bond motifs is 1. The lowest BCUT2D eigenvalue weighted by molar-refractivity contribution is -0.0784. The molecule has 2 heterocycles. The first kappa shape index (κ1) is 13.3. The summed E-state index contributed by atoms with van der Waals surface area (Å²) >= 11 is 0. The van der Waals surface area contributed by atoms with Crippen molar-refractivity contribution in [3.63, 3.8) is 0 Å². The molecule has 1 aromatic rings. The van der Waals surface area contributed by atoms with Gasteiger partial charge in [0.1, 0.15) is 5.69 Å². The van der Waals surface area contributed by atoms with Gasteiger partial charge >= 0.3 is 0 Å². The molecule has 5 heteroatoms. The number of aromatic nitrogens is 2. The quantitative estimate of drug-likeness (QED) is 0.922. The van der Waals surface area contributed by atoms with Crippen molar-refractivity contribution in [3.05, 3.63) is 18.2 Å². The predicted octanol–water partition coefficient (Wildman–Crippen LogP) is 1.74. The molecular formula is C16H23N3O2. The van der Waals surface area contributed by atoms with Gasteiger partial charge in [-0.15, -0.1) is 0 Å². The van der Waals surface area contributed by atoms with Crippen LogP contribution in [-0.2, 0) is 11.8 Å². The highest BCUT2D eigenvalue weighted by atomic mass is 16.5. The summed E-state index contributed by atoms with van der Waals surface area (Å²) in [5.41, 5.74) is 0.519. The highest BCUT2D eigenvalue weighted by Crippen LogP contribution is 2.51. The SMILES string of the molecule is Cn1cnc(C(=O)N[C@@H]2[C@@H]3CCO[C@@H]3[C@@H]2C2CCCC2)c1. The van der Waals surface area contributed by atoms with E-state index in [2.05, 4.69) is 10.3 Å². The van der Waals surface area contributed by atoms with Crippen molar-refractivity contribution >= 4 is 5.91 Å². The van der Waals surface area contributed by atoms with Crippen molar-refractivity contribution in [2.45, 2.75) is 44.2 Å². The molecular weight excluding hydrogens is 266 g/mol. The minimum absolute atomic E-state index is 0.0334. The summed E-state index contributed by atoms with van der Waals surface area (Å²) < 4.78 is 7.74. The maximum atomic E-state index is 12.4. The van der Waals surface area contributed by atoms with E-state index in [1.54, 1.807) is 12.5 Å². The molecule has 1 aliphatic heterocycles. The van der Waals surface area contributed by atoms with Crippen LogP contribution in [0, 0.1) is 17.8 Å². The van der Waals surface area contributed by atoms with Crippen LogP contribution in [0.2, 0.25) is 0 Å². The van der Waals surface area contributed by atoms with Gasteiger partial charge in [0.2, 0.25) is 0 Å². The van der Waals surface area contributed by atoms with Crippen LogP contribution in [0.4, 0.5) is 0 Å². The molecule has 0 bridgehead atoms. The zero-order chi connectivity index (χ0) is 14.4. The van der Waals surface area contributed by atoms with E-state index in [4.69, 9.17) is 4.74 Å². The number of hydrogen-bond acceptors (Lipinski definition) is 3. The van der Waals surface area contributed by atoms with Crippen molar-refractivity contribution < 1.29 is 9.53 Å². The van der Waals surface area contributed by atoms with Gasteiger partial charge in [-0.05, 0) is 12.3 Å². The summed E-state index contributed by atoms with van der Waals surface area (Å²) in [4.78, 5) is 16.5. The first-order valence-corrected chi connectivity index (χ1v) is 8.14. The fourth-order valence-corrected chi connectivity index (χ4v) is 4.62. The van der Waals surface area contributed by atoms with Crippen molar-refractivity contribution in [2.75, 3.05) is 6.61 Å². The molecule has 1 amide bonds. The van der Waals surface area contributed by atoms with Crippen molar-refractivity contribution in [2.24, 2.45) is 24.8 Å². The van der Waals surface area contributed by atoms with Crippen LogP contribution in [0.15, 0.2) is 12.5 Å². The second-order valence-electron chi connectivity index (χ2n) is 6.83. The number of carbonyl (C=O) groups is 1. The molecule has 1 N–H and O–H groups in total. The van der Waals surface area contributed by atoms with Crippen LogP contribution < -0.4 is 5.32 Å². The maximum absolute atomic E-state index is 12.4. The Bertz CT molecular complexity index is 531. The van der Waals surface area contributed by atoms with E-state index in [-0.39, 0.29) is 11.9 Å². The highest BCUT2D eigenvalue weighted by Gasteiger charge is 2.57. The molecule has 4 rings (SSSR count). The van der Waals surface area contributed by atoms with Gasteiger partial charge in [0.15, 0.2) is 0 Å². The van der Waals surface area contributed by atoms with E-state index in [9.17, 15) is 4.79 Å². The second-order valence-corrected chi connectivity index (χ2v) is 6.83. The van der Waals surface area contributed by atoms with Crippen LogP contribution in [0.5, 0.6) is 0 Å². The number of carbonyl (C=O) groups excluding carboxylic acids is 1. The fourth-order valence-electron chi connectivity index (χ4n) is 4.62. The Balaban J connectivity index is 1.48. The zero-order valence-electron chi connectivity index (χ0n) is 12.5. The van der Waals surface area contributed by atoms with Gasteiger partial charge in [-0.3, -0.25) is 4.79 Å². The average molecular weight is 289 g/mol. The first-order chi connectivity index (χ1) is 10.2. The predicted molar refractivity (Wildman–Crippen MR) is 77.8 cm³/mol. The molecule has 114 valence electrons. The Morgan fingerprint density at radius 2 is 2.19 bits per heavy atom. The van der Waals surface area contributed by atoms with Crippen LogP contribution in [-0.4, -0.2) is 34.2 Å². The van der Waals surface area contributed by atoms with Crippen molar-refractivity contribution in [1.82, 2.24) is 14.9 Å². The minimum Gasteiger partial charge on any atom is -0.377 e. The standard InChI is InChI=1S/C16H23N3O2/c1-19-8-12(17-9-19)16(20)18-14-11-6-7-21-15(11)13(14)10-4-2-3-5-10/h8-11,13-15H,2-7H2,1H3,(H,18,20)/t11-,13+,14+,15-/m0/s1. The summed E-state index contributed by atoms with van der Waals surface area (Å²) in [5.74, 6) is 1.74. The third-order valence-electron chi connectivity index (χ3n) is 5.62. The molecule has 0 aromatic carbocycles. The Morgan fingerprint density at radius 3 is 2.90 bits per heavy atom. The van der Waals surface area contributed by atoms with E-state index in [0.29, 0.717) is 23.6 Å². The number of ether oxygens (including phenoxy) is 1.